The highest BCUT2D eigenvalue weighted by Crippen LogP contribution is 2.42. The summed E-state index contributed by atoms with van der Waals surface area (Å²) in [6, 6.07) is 2.38. The van der Waals surface area contributed by atoms with Gasteiger partial charge in [-0.3, -0.25) is 10.1 Å². The third-order valence-electron chi connectivity index (χ3n) is 2.16. The molecule has 0 amide bonds. The Balaban J connectivity index is 3.62. The maximum absolute atomic E-state index is 12.7. The molecule has 1 aromatic rings. The van der Waals surface area contributed by atoms with Gasteiger partial charge in [0.15, 0.2) is 0 Å². The molecule has 18 heavy (non-hydrogen) atoms. The third-order valence-corrected chi connectivity index (χ3v) is 2.40. The maximum Gasteiger partial charge on any atom is 0.433 e. The fourth-order valence-corrected chi connectivity index (χ4v) is 1.44. The van der Waals surface area contributed by atoms with Crippen molar-refractivity contribution in [3.8, 4) is 12.3 Å². The van der Waals surface area contributed by atoms with Crippen molar-refractivity contribution in [2.75, 3.05) is 0 Å². The Labute approximate surface area is 104 Å². The van der Waals surface area contributed by atoms with Crippen molar-refractivity contribution in [3.05, 3.63) is 38.9 Å². The van der Waals surface area contributed by atoms with E-state index in [0.717, 1.165) is 18.1 Å². The lowest BCUT2D eigenvalue weighted by atomic mass is 9.92. The van der Waals surface area contributed by atoms with E-state index >= 15 is 0 Å². The quantitative estimate of drug-likeness (QED) is 0.514. The van der Waals surface area contributed by atoms with Gasteiger partial charge in [-0.1, -0.05) is 17.5 Å². The minimum absolute atomic E-state index is 0.214. The summed E-state index contributed by atoms with van der Waals surface area (Å²) in [6.45, 7) is 0. The Morgan fingerprint density at radius 3 is 2.39 bits per heavy atom. The number of aliphatic hydroxyl groups is 1. The highest BCUT2D eigenvalue weighted by Gasteiger charge is 2.57. The number of hydrogen-bond acceptors (Lipinski definition) is 3. The number of terminal acetylenes is 1. The van der Waals surface area contributed by atoms with Gasteiger partial charge >= 0.3 is 6.18 Å². The Bertz CT molecular complexity index is 538. The lowest BCUT2D eigenvalue weighted by Crippen LogP contribution is -2.41. The summed E-state index contributed by atoms with van der Waals surface area (Å²) in [5.74, 6) is 1.12. The average molecular weight is 280 g/mol. The molecule has 4 nitrogen and oxygen atoms in total. The summed E-state index contributed by atoms with van der Waals surface area (Å²) in [5.41, 5.74) is -5.81. The van der Waals surface area contributed by atoms with Crippen LogP contribution in [-0.2, 0) is 5.60 Å². The summed E-state index contributed by atoms with van der Waals surface area (Å²) in [4.78, 5) is 9.55. The van der Waals surface area contributed by atoms with E-state index in [4.69, 9.17) is 11.6 Å². The van der Waals surface area contributed by atoms with E-state index in [1.54, 1.807) is 0 Å². The average Bonchev–Trinajstić information content (AvgIpc) is 2.25. The van der Waals surface area contributed by atoms with E-state index in [0.29, 0.717) is 6.07 Å². The van der Waals surface area contributed by atoms with Gasteiger partial charge in [-0.2, -0.15) is 13.2 Å². The van der Waals surface area contributed by atoms with Gasteiger partial charge in [0.25, 0.3) is 11.3 Å². The zero-order valence-corrected chi connectivity index (χ0v) is 9.29. The van der Waals surface area contributed by atoms with Crippen LogP contribution < -0.4 is 0 Å². The molecular formula is C10H5ClF3NO3. The molecule has 0 unspecified atom stereocenters. The third kappa shape index (κ3) is 2.25. The molecule has 0 aliphatic carbocycles. The standard InChI is InChI=1S/C10H5ClF3NO3/c1-2-9(16,10(12,13)14)7-5-6(11)3-4-8(7)15(17)18/h1,3-5,16H/t9-/m0/s1. The van der Waals surface area contributed by atoms with Crippen LogP contribution in [0.15, 0.2) is 18.2 Å². The van der Waals surface area contributed by atoms with Crippen molar-refractivity contribution < 1.29 is 23.2 Å². The molecule has 0 heterocycles. The SMILES string of the molecule is C#C[C@](O)(c1cc(Cl)ccc1[N+](=O)[O-])C(F)(F)F. The first kappa shape index (κ1) is 14.3. The number of hydrogen-bond donors (Lipinski definition) is 1. The van der Waals surface area contributed by atoms with E-state index in [9.17, 15) is 28.4 Å². The van der Waals surface area contributed by atoms with Crippen molar-refractivity contribution >= 4 is 17.3 Å². The Kier molecular flexibility index (Phi) is 3.55. The Hall–Kier alpha value is -1.78. The van der Waals surface area contributed by atoms with Crippen LogP contribution in [0.3, 0.4) is 0 Å². The predicted molar refractivity (Wildman–Crippen MR) is 56.9 cm³/mol. The molecule has 8 heteroatoms. The Morgan fingerprint density at radius 1 is 1.44 bits per heavy atom. The number of nitro groups is 1. The number of alkyl halides is 3. The highest BCUT2D eigenvalue weighted by atomic mass is 35.5. The summed E-state index contributed by atoms with van der Waals surface area (Å²) in [6.07, 6.45) is -0.608. The topological polar surface area (TPSA) is 63.4 Å². The minimum atomic E-state index is -5.27. The van der Waals surface area contributed by atoms with Gasteiger partial charge in [0.05, 0.1) is 10.5 Å². The second kappa shape index (κ2) is 4.48. The van der Waals surface area contributed by atoms with Crippen molar-refractivity contribution in [2.24, 2.45) is 0 Å². The van der Waals surface area contributed by atoms with Crippen molar-refractivity contribution in [1.29, 1.82) is 0 Å². The fraction of sp³-hybridized carbons (Fsp3) is 0.200. The molecular weight excluding hydrogens is 275 g/mol. The molecule has 0 radical (unpaired) electrons. The van der Waals surface area contributed by atoms with E-state index < -0.39 is 28.0 Å². The molecule has 0 spiro atoms. The van der Waals surface area contributed by atoms with Gasteiger partial charge in [0, 0.05) is 11.1 Å². The zero-order valence-electron chi connectivity index (χ0n) is 8.53. The van der Waals surface area contributed by atoms with Crippen LogP contribution in [-0.4, -0.2) is 16.2 Å². The molecule has 96 valence electrons. The second-order valence-corrected chi connectivity index (χ2v) is 3.71. The van der Waals surface area contributed by atoms with Crippen molar-refractivity contribution in [1.82, 2.24) is 0 Å². The molecule has 1 aromatic carbocycles. The maximum atomic E-state index is 12.7. The number of benzene rings is 1. The molecule has 0 aliphatic rings. The monoisotopic (exact) mass is 279 g/mol. The molecule has 1 rings (SSSR count). The summed E-state index contributed by atoms with van der Waals surface area (Å²) < 4.78 is 38.1. The number of halogens is 4. The number of nitro benzene ring substituents is 1. The molecule has 0 fully saturated rings. The van der Waals surface area contributed by atoms with Gasteiger partial charge in [0.2, 0.25) is 0 Å². The second-order valence-electron chi connectivity index (χ2n) is 3.27. The van der Waals surface area contributed by atoms with Gasteiger partial charge in [0.1, 0.15) is 0 Å². The van der Waals surface area contributed by atoms with Crippen LogP contribution in [0.2, 0.25) is 5.02 Å². The predicted octanol–water partition coefficient (Wildman–Crippen LogP) is 2.63. The van der Waals surface area contributed by atoms with Gasteiger partial charge in [-0.25, -0.2) is 0 Å². The molecule has 0 saturated carbocycles. The molecule has 0 aromatic heterocycles. The normalized spacial score (nSPS) is 14.7. The first-order chi connectivity index (χ1) is 8.13. The summed E-state index contributed by atoms with van der Waals surface area (Å²) >= 11 is 5.46. The molecule has 0 bridgehead atoms. The zero-order chi connectivity index (χ0) is 14.1. The van der Waals surface area contributed by atoms with E-state index in [1.807, 2.05) is 0 Å². The number of rotatable bonds is 2. The van der Waals surface area contributed by atoms with Crippen LogP contribution >= 0.6 is 11.6 Å². The molecule has 0 saturated heterocycles. The fourth-order valence-electron chi connectivity index (χ4n) is 1.27. The van der Waals surface area contributed by atoms with E-state index in [2.05, 4.69) is 6.42 Å². The largest absolute Gasteiger partial charge is 0.433 e. The van der Waals surface area contributed by atoms with Crippen LogP contribution in [0.5, 0.6) is 0 Å². The van der Waals surface area contributed by atoms with Gasteiger partial charge in [-0.15, -0.1) is 6.42 Å². The summed E-state index contributed by atoms with van der Waals surface area (Å²) in [5, 5.41) is 19.9. The van der Waals surface area contributed by atoms with Crippen LogP contribution in [0.1, 0.15) is 5.56 Å². The Morgan fingerprint density at radius 2 is 2.00 bits per heavy atom. The molecule has 1 atom stereocenters. The lowest BCUT2D eigenvalue weighted by Gasteiger charge is -2.25. The van der Waals surface area contributed by atoms with Gasteiger partial charge < -0.3 is 5.11 Å². The smallest absolute Gasteiger partial charge is 0.366 e. The highest BCUT2D eigenvalue weighted by molar-refractivity contribution is 6.30. The van der Waals surface area contributed by atoms with Crippen molar-refractivity contribution in [2.45, 2.75) is 11.8 Å². The first-order valence-electron chi connectivity index (χ1n) is 4.34. The minimum Gasteiger partial charge on any atom is -0.366 e. The first-order valence-corrected chi connectivity index (χ1v) is 4.72. The summed E-state index contributed by atoms with van der Waals surface area (Å²) in [7, 11) is 0. The lowest BCUT2D eigenvalue weighted by molar-refractivity contribution is -0.387. The van der Waals surface area contributed by atoms with E-state index in [1.165, 1.54) is 0 Å². The van der Waals surface area contributed by atoms with Crippen LogP contribution in [0.4, 0.5) is 18.9 Å². The van der Waals surface area contributed by atoms with Crippen LogP contribution in [0, 0.1) is 22.5 Å². The van der Waals surface area contributed by atoms with Crippen LogP contribution in [0.25, 0.3) is 0 Å². The van der Waals surface area contributed by atoms with Crippen molar-refractivity contribution in [3.63, 3.8) is 0 Å². The molecule has 0 aliphatic heterocycles. The van der Waals surface area contributed by atoms with Gasteiger partial charge in [-0.05, 0) is 12.1 Å². The number of nitrogens with zero attached hydrogens (tertiary/aromatic N) is 1. The van der Waals surface area contributed by atoms with E-state index in [-0.39, 0.29) is 5.02 Å². The molecule has 1 N–H and O–H groups in total.